The molecule has 0 spiro atoms. The summed E-state index contributed by atoms with van der Waals surface area (Å²) in [5.74, 6) is -0.114. The molecule has 2 N–H and O–H groups in total. The van der Waals surface area contributed by atoms with Crippen molar-refractivity contribution in [3.05, 3.63) is 34.4 Å². The summed E-state index contributed by atoms with van der Waals surface area (Å²) in [6.07, 6.45) is 3.42. The number of benzene rings is 1. The lowest BCUT2D eigenvalue weighted by atomic mass is 10.0. The number of rotatable bonds is 5. The smallest absolute Gasteiger partial charge is 0.261 e. The minimum absolute atomic E-state index is 0.0746. The van der Waals surface area contributed by atoms with Gasteiger partial charge in [-0.2, -0.15) is 5.26 Å². The van der Waals surface area contributed by atoms with E-state index in [4.69, 9.17) is 5.26 Å². The molecule has 0 unspecified atom stereocenters. The fourth-order valence-corrected chi connectivity index (χ4v) is 1.86. The number of carbonyl (C=O) groups excluding carboxylic acids is 1. The molecule has 0 bridgehead atoms. The van der Waals surface area contributed by atoms with Crippen molar-refractivity contribution in [3.8, 4) is 11.8 Å². The summed E-state index contributed by atoms with van der Waals surface area (Å²) in [6, 6.07) is 5.42. The van der Waals surface area contributed by atoms with Crippen LogP contribution in [0.1, 0.15) is 36.5 Å². The third kappa shape index (κ3) is 4.13. The Morgan fingerprint density at radius 3 is 2.50 bits per heavy atom. The van der Waals surface area contributed by atoms with E-state index < -0.39 is 0 Å². The third-order valence-electron chi connectivity index (χ3n) is 3.01. The van der Waals surface area contributed by atoms with Gasteiger partial charge in [0.1, 0.15) is 17.4 Å². The van der Waals surface area contributed by atoms with Crippen LogP contribution in [-0.4, -0.2) is 17.6 Å². The molecule has 4 heteroatoms. The van der Waals surface area contributed by atoms with Gasteiger partial charge in [0.15, 0.2) is 0 Å². The van der Waals surface area contributed by atoms with Gasteiger partial charge in [0.05, 0.1) is 0 Å². The van der Waals surface area contributed by atoms with Crippen LogP contribution in [0.4, 0.5) is 0 Å². The Bertz CT molecular complexity index is 545. The maximum Gasteiger partial charge on any atom is 0.261 e. The maximum absolute atomic E-state index is 11.8. The molecule has 0 saturated heterocycles. The van der Waals surface area contributed by atoms with E-state index in [2.05, 4.69) is 5.32 Å². The quantitative estimate of drug-likeness (QED) is 0.492. The molecule has 0 saturated carbocycles. The van der Waals surface area contributed by atoms with Gasteiger partial charge in [-0.1, -0.05) is 13.3 Å². The van der Waals surface area contributed by atoms with E-state index in [0.29, 0.717) is 6.54 Å². The molecule has 0 aliphatic rings. The molecule has 106 valence electrons. The first kappa shape index (κ1) is 15.8. The van der Waals surface area contributed by atoms with Crippen molar-refractivity contribution >= 4 is 12.0 Å². The molecule has 1 aromatic carbocycles. The van der Waals surface area contributed by atoms with Gasteiger partial charge in [0.2, 0.25) is 0 Å². The van der Waals surface area contributed by atoms with E-state index in [9.17, 15) is 9.90 Å². The van der Waals surface area contributed by atoms with Gasteiger partial charge in [0, 0.05) is 6.54 Å². The maximum atomic E-state index is 11.8. The van der Waals surface area contributed by atoms with Crippen LogP contribution in [0, 0.1) is 25.2 Å². The second-order valence-electron chi connectivity index (χ2n) is 4.78. The highest BCUT2D eigenvalue weighted by Gasteiger charge is 2.09. The highest BCUT2D eigenvalue weighted by molar-refractivity contribution is 6.01. The first-order valence-electron chi connectivity index (χ1n) is 6.69. The van der Waals surface area contributed by atoms with Crippen LogP contribution in [0.5, 0.6) is 5.75 Å². The van der Waals surface area contributed by atoms with Gasteiger partial charge in [-0.15, -0.1) is 0 Å². The molecule has 0 aliphatic heterocycles. The normalized spacial score (nSPS) is 11.0. The minimum Gasteiger partial charge on any atom is -0.507 e. The van der Waals surface area contributed by atoms with Crippen molar-refractivity contribution in [1.29, 1.82) is 5.26 Å². The van der Waals surface area contributed by atoms with E-state index in [-0.39, 0.29) is 17.2 Å². The summed E-state index contributed by atoms with van der Waals surface area (Å²) in [6.45, 7) is 6.18. The van der Waals surface area contributed by atoms with Crippen LogP contribution >= 0.6 is 0 Å². The number of aromatic hydroxyl groups is 1. The third-order valence-corrected chi connectivity index (χ3v) is 3.01. The van der Waals surface area contributed by atoms with Crippen molar-refractivity contribution in [3.63, 3.8) is 0 Å². The standard InChI is InChI=1S/C16H20N2O2/c1-4-5-6-18-16(20)14(10-17)9-13-7-11(2)15(19)12(3)8-13/h7-9,19H,4-6H2,1-3H3,(H,18,20). The zero-order chi connectivity index (χ0) is 15.1. The van der Waals surface area contributed by atoms with Crippen LogP contribution in [-0.2, 0) is 4.79 Å². The number of aryl methyl sites for hydroxylation is 2. The van der Waals surface area contributed by atoms with E-state index in [1.165, 1.54) is 0 Å². The van der Waals surface area contributed by atoms with E-state index in [1.807, 2.05) is 13.0 Å². The lowest BCUT2D eigenvalue weighted by Gasteiger charge is -2.06. The zero-order valence-electron chi connectivity index (χ0n) is 12.2. The second-order valence-corrected chi connectivity index (χ2v) is 4.78. The first-order chi connectivity index (χ1) is 9.49. The zero-order valence-corrected chi connectivity index (χ0v) is 12.2. The average Bonchev–Trinajstić information content (AvgIpc) is 2.42. The summed E-state index contributed by atoms with van der Waals surface area (Å²) in [5, 5.41) is 21.5. The molecule has 0 fully saturated rings. The van der Waals surface area contributed by atoms with Gasteiger partial charge in [-0.3, -0.25) is 4.79 Å². The number of phenols is 1. The van der Waals surface area contributed by atoms with Crippen molar-refractivity contribution < 1.29 is 9.90 Å². The first-order valence-corrected chi connectivity index (χ1v) is 6.69. The summed E-state index contributed by atoms with van der Waals surface area (Å²) in [4.78, 5) is 11.8. The van der Waals surface area contributed by atoms with Gasteiger partial charge in [-0.25, -0.2) is 0 Å². The van der Waals surface area contributed by atoms with E-state index in [0.717, 1.165) is 29.5 Å². The van der Waals surface area contributed by atoms with Crippen molar-refractivity contribution in [2.75, 3.05) is 6.54 Å². The lowest BCUT2D eigenvalue weighted by molar-refractivity contribution is -0.117. The fraction of sp³-hybridized carbons (Fsp3) is 0.375. The molecule has 20 heavy (non-hydrogen) atoms. The number of hydrogen-bond donors (Lipinski definition) is 2. The number of unbranched alkanes of at least 4 members (excludes halogenated alkanes) is 1. The van der Waals surface area contributed by atoms with Crippen molar-refractivity contribution in [2.24, 2.45) is 0 Å². The number of nitrogens with zero attached hydrogens (tertiary/aromatic N) is 1. The molecule has 4 nitrogen and oxygen atoms in total. The number of amides is 1. The minimum atomic E-state index is -0.357. The Kier molecular flexibility index (Phi) is 5.79. The highest BCUT2D eigenvalue weighted by atomic mass is 16.3. The predicted molar refractivity (Wildman–Crippen MR) is 79.1 cm³/mol. The van der Waals surface area contributed by atoms with Crippen molar-refractivity contribution in [2.45, 2.75) is 33.6 Å². The van der Waals surface area contributed by atoms with Crippen molar-refractivity contribution in [1.82, 2.24) is 5.32 Å². The van der Waals surface area contributed by atoms with Gasteiger partial charge >= 0.3 is 0 Å². The lowest BCUT2D eigenvalue weighted by Crippen LogP contribution is -2.25. The molecule has 0 atom stereocenters. The number of nitriles is 1. The molecule has 1 rings (SSSR count). The SMILES string of the molecule is CCCCNC(=O)C(C#N)=Cc1cc(C)c(O)c(C)c1. The molecule has 1 aromatic rings. The summed E-state index contributed by atoms with van der Waals surface area (Å²) >= 11 is 0. The van der Waals surface area contributed by atoms with Crippen LogP contribution in [0.25, 0.3) is 6.08 Å². The Morgan fingerprint density at radius 2 is 2.00 bits per heavy atom. The van der Waals surface area contributed by atoms with E-state index in [1.54, 1.807) is 32.1 Å². The highest BCUT2D eigenvalue weighted by Crippen LogP contribution is 2.24. The number of carbonyl (C=O) groups is 1. The number of phenolic OH excluding ortho intramolecular Hbond substituents is 1. The second kappa shape index (κ2) is 7.34. The molecular formula is C16H20N2O2. The predicted octanol–water partition coefficient (Wildman–Crippen LogP) is 2.83. The average molecular weight is 272 g/mol. The topological polar surface area (TPSA) is 73.1 Å². The van der Waals surface area contributed by atoms with Crippen LogP contribution in [0.2, 0.25) is 0 Å². The van der Waals surface area contributed by atoms with Gasteiger partial charge in [0.25, 0.3) is 5.91 Å². The molecule has 0 radical (unpaired) electrons. The largest absolute Gasteiger partial charge is 0.507 e. The molecular weight excluding hydrogens is 252 g/mol. The molecule has 0 aliphatic carbocycles. The van der Waals surface area contributed by atoms with Gasteiger partial charge in [-0.05, 0) is 55.2 Å². The summed E-state index contributed by atoms with van der Waals surface area (Å²) < 4.78 is 0. The van der Waals surface area contributed by atoms with Crippen LogP contribution < -0.4 is 5.32 Å². The molecule has 0 heterocycles. The van der Waals surface area contributed by atoms with Crippen LogP contribution in [0.15, 0.2) is 17.7 Å². The Hall–Kier alpha value is -2.28. The Morgan fingerprint density at radius 1 is 1.40 bits per heavy atom. The van der Waals surface area contributed by atoms with Gasteiger partial charge < -0.3 is 10.4 Å². The number of hydrogen-bond acceptors (Lipinski definition) is 3. The summed E-state index contributed by atoms with van der Waals surface area (Å²) in [7, 11) is 0. The number of nitrogens with one attached hydrogen (secondary N) is 1. The Balaban J connectivity index is 2.95. The molecule has 0 aromatic heterocycles. The Labute approximate surface area is 119 Å². The molecule has 1 amide bonds. The fourth-order valence-electron chi connectivity index (χ4n) is 1.86. The summed E-state index contributed by atoms with van der Waals surface area (Å²) in [5.41, 5.74) is 2.26. The monoisotopic (exact) mass is 272 g/mol. The van der Waals surface area contributed by atoms with E-state index >= 15 is 0 Å². The van der Waals surface area contributed by atoms with Crippen LogP contribution in [0.3, 0.4) is 0 Å².